The van der Waals surface area contributed by atoms with Crippen molar-refractivity contribution >= 4 is 35.4 Å². The van der Waals surface area contributed by atoms with E-state index in [-0.39, 0.29) is 11.2 Å². The molecule has 2 nitrogen and oxygen atoms in total. The van der Waals surface area contributed by atoms with Gasteiger partial charge in [0.15, 0.2) is 0 Å². The fourth-order valence-corrected chi connectivity index (χ4v) is 5.46. The Kier molecular flexibility index (Phi) is 5.45. The van der Waals surface area contributed by atoms with Crippen molar-refractivity contribution in [2.45, 2.75) is 39.5 Å². The summed E-state index contributed by atoms with van der Waals surface area (Å²) in [6.45, 7) is 8.53. The van der Waals surface area contributed by atoms with E-state index in [1.54, 1.807) is 0 Å². The number of aliphatic hydroxyl groups excluding tert-OH is 1. The normalized spacial score (nSPS) is 15.6. The summed E-state index contributed by atoms with van der Waals surface area (Å²) in [6, 6.07) is 6.60. The fourth-order valence-electron chi connectivity index (χ4n) is 3.82. The second kappa shape index (κ2) is 7.32. The standard InChI is InChI=1S/C22H29NOS2/c1-14(24)20-18-13-22(2,3)10-8-19(18)26-21(20)17-7-6-16(23(4)5)12-15(17)9-11-25/h6-7,12,24-25H,1,8-11,13H2,2-5H3. The van der Waals surface area contributed by atoms with E-state index in [0.29, 0.717) is 0 Å². The largest absolute Gasteiger partial charge is 0.508 e. The predicted octanol–water partition coefficient (Wildman–Crippen LogP) is 6.00. The zero-order valence-electron chi connectivity index (χ0n) is 16.2. The third-order valence-corrected chi connectivity index (χ3v) is 6.84. The lowest BCUT2D eigenvalue weighted by molar-refractivity contribution is 0.317. The lowest BCUT2D eigenvalue weighted by Gasteiger charge is -2.30. The molecule has 1 heterocycles. The zero-order valence-corrected chi connectivity index (χ0v) is 17.9. The van der Waals surface area contributed by atoms with Gasteiger partial charge in [0.25, 0.3) is 0 Å². The second-order valence-corrected chi connectivity index (χ2v) is 9.76. The van der Waals surface area contributed by atoms with E-state index in [2.05, 4.69) is 70.2 Å². The van der Waals surface area contributed by atoms with Crippen LogP contribution in [0.15, 0.2) is 24.8 Å². The molecule has 1 N–H and O–H groups in total. The number of rotatable bonds is 5. The van der Waals surface area contributed by atoms with Gasteiger partial charge in [-0.1, -0.05) is 26.5 Å². The van der Waals surface area contributed by atoms with Crippen LogP contribution in [0, 0.1) is 5.41 Å². The Bertz CT molecular complexity index is 833. The number of aryl methyl sites for hydroxylation is 2. The summed E-state index contributed by atoms with van der Waals surface area (Å²) in [7, 11) is 4.12. The van der Waals surface area contributed by atoms with Gasteiger partial charge in [0.1, 0.15) is 5.76 Å². The molecule has 26 heavy (non-hydrogen) atoms. The summed E-state index contributed by atoms with van der Waals surface area (Å²) in [6.07, 6.45) is 4.20. The molecule has 0 bridgehead atoms. The Labute approximate surface area is 167 Å². The van der Waals surface area contributed by atoms with Crippen molar-refractivity contribution < 1.29 is 5.11 Å². The van der Waals surface area contributed by atoms with Gasteiger partial charge in [-0.15, -0.1) is 11.3 Å². The summed E-state index contributed by atoms with van der Waals surface area (Å²) < 4.78 is 0. The second-order valence-electron chi connectivity index (χ2n) is 8.21. The van der Waals surface area contributed by atoms with Gasteiger partial charge < -0.3 is 10.0 Å². The lowest BCUT2D eigenvalue weighted by atomic mass is 9.75. The quantitative estimate of drug-likeness (QED) is 0.486. The molecule has 0 atom stereocenters. The van der Waals surface area contributed by atoms with Crippen LogP contribution in [0.1, 0.15) is 41.8 Å². The molecule has 2 aromatic rings. The van der Waals surface area contributed by atoms with Crippen molar-refractivity contribution in [1.29, 1.82) is 0 Å². The molecule has 0 aliphatic heterocycles. The molecule has 1 aromatic heterocycles. The predicted molar refractivity (Wildman–Crippen MR) is 119 cm³/mol. The first-order valence-corrected chi connectivity index (χ1v) is 10.6. The van der Waals surface area contributed by atoms with E-state index in [4.69, 9.17) is 0 Å². The maximum Gasteiger partial charge on any atom is 0.117 e. The SMILES string of the molecule is C=C(O)c1c(-c2ccc(N(C)C)cc2CCS)sc2c1CC(C)(C)CC2. The minimum absolute atomic E-state index is 0.198. The van der Waals surface area contributed by atoms with Crippen LogP contribution in [-0.4, -0.2) is 25.0 Å². The minimum Gasteiger partial charge on any atom is -0.508 e. The number of nitrogens with zero attached hydrogens (tertiary/aromatic N) is 1. The van der Waals surface area contributed by atoms with E-state index >= 15 is 0 Å². The van der Waals surface area contributed by atoms with Crippen LogP contribution in [0.4, 0.5) is 5.69 Å². The maximum absolute atomic E-state index is 10.4. The molecule has 0 radical (unpaired) electrons. The highest BCUT2D eigenvalue weighted by molar-refractivity contribution is 7.80. The van der Waals surface area contributed by atoms with Crippen molar-refractivity contribution in [3.05, 3.63) is 46.3 Å². The van der Waals surface area contributed by atoms with Crippen LogP contribution < -0.4 is 4.90 Å². The van der Waals surface area contributed by atoms with Gasteiger partial charge in [0.05, 0.1) is 0 Å². The highest BCUT2D eigenvalue weighted by Crippen LogP contribution is 2.47. The Morgan fingerprint density at radius 3 is 2.69 bits per heavy atom. The number of aliphatic hydroxyl groups is 1. The van der Waals surface area contributed by atoms with Gasteiger partial charge >= 0.3 is 0 Å². The van der Waals surface area contributed by atoms with Crippen LogP contribution in [0.2, 0.25) is 0 Å². The Morgan fingerprint density at radius 2 is 2.08 bits per heavy atom. The zero-order chi connectivity index (χ0) is 19.1. The number of hydrogen-bond acceptors (Lipinski definition) is 4. The molecule has 1 aliphatic carbocycles. The number of hydrogen-bond donors (Lipinski definition) is 2. The molecule has 4 heteroatoms. The molecule has 1 aliphatic rings. The van der Waals surface area contributed by atoms with Gasteiger partial charge in [-0.2, -0.15) is 12.6 Å². The third kappa shape index (κ3) is 3.67. The first-order chi connectivity index (χ1) is 12.2. The van der Waals surface area contributed by atoms with Gasteiger partial charge in [0.2, 0.25) is 0 Å². The first kappa shape index (κ1) is 19.4. The smallest absolute Gasteiger partial charge is 0.117 e. The third-order valence-electron chi connectivity index (χ3n) is 5.29. The minimum atomic E-state index is 0.198. The van der Waals surface area contributed by atoms with E-state index < -0.39 is 0 Å². The van der Waals surface area contributed by atoms with Crippen molar-refractivity contribution in [3.63, 3.8) is 0 Å². The van der Waals surface area contributed by atoms with Crippen LogP contribution >= 0.6 is 24.0 Å². The summed E-state index contributed by atoms with van der Waals surface area (Å²) in [4.78, 5) is 4.71. The molecule has 0 saturated carbocycles. The Hall–Kier alpha value is -1.39. The highest BCUT2D eigenvalue weighted by Gasteiger charge is 2.31. The summed E-state index contributed by atoms with van der Waals surface area (Å²) in [5, 5.41) is 10.4. The van der Waals surface area contributed by atoms with Crippen LogP contribution in [0.25, 0.3) is 16.2 Å². The number of fused-ring (bicyclic) bond motifs is 1. The maximum atomic E-state index is 10.4. The molecule has 0 unspecified atom stereocenters. The van der Waals surface area contributed by atoms with Gasteiger partial charge in [-0.3, -0.25) is 0 Å². The molecular weight excluding hydrogens is 358 g/mol. The monoisotopic (exact) mass is 387 g/mol. The lowest BCUT2D eigenvalue weighted by Crippen LogP contribution is -2.21. The molecule has 0 saturated heterocycles. The summed E-state index contributed by atoms with van der Waals surface area (Å²) >= 11 is 6.30. The molecule has 1 aromatic carbocycles. The molecular formula is C22H29NOS2. The molecule has 0 amide bonds. The highest BCUT2D eigenvalue weighted by atomic mass is 32.1. The van der Waals surface area contributed by atoms with E-state index in [1.165, 1.54) is 38.6 Å². The number of benzene rings is 1. The van der Waals surface area contributed by atoms with Gasteiger partial charge in [-0.05, 0) is 65.7 Å². The number of anilines is 1. The Morgan fingerprint density at radius 1 is 1.35 bits per heavy atom. The van der Waals surface area contributed by atoms with Crippen molar-refractivity contribution in [3.8, 4) is 10.4 Å². The molecule has 0 spiro atoms. The van der Waals surface area contributed by atoms with Crippen molar-refractivity contribution in [2.75, 3.05) is 24.7 Å². The number of thiophene rings is 1. The van der Waals surface area contributed by atoms with E-state index in [1.807, 2.05) is 11.3 Å². The summed E-state index contributed by atoms with van der Waals surface area (Å²) in [5.74, 6) is 1.00. The van der Waals surface area contributed by atoms with Crippen molar-refractivity contribution in [2.24, 2.45) is 5.41 Å². The van der Waals surface area contributed by atoms with Crippen LogP contribution in [0.5, 0.6) is 0 Å². The first-order valence-electron chi connectivity index (χ1n) is 9.18. The molecule has 0 fully saturated rings. The van der Waals surface area contributed by atoms with E-state index in [0.717, 1.165) is 30.6 Å². The van der Waals surface area contributed by atoms with Crippen LogP contribution in [0.3, 0.4) is 0 Å². The van der Waals surface area contributed by atoms with Gasteiger partial charge in [0, 0.05) is 35.1 Å². The van der Waals surface area contributed by atoms with Crippen molar-refractivity contribution in [1.82, 2.24) is 0 Å². The molecule has 3 rings (SSSR count). The van der Waals surface area contributed by atoms with Crippen LogP contribution in [-0.2, 0) is 19.3 Å². The summed E-state index contributed by atoms with van der Waals surface area (Å²) in [5.41, 5.74) is 6.24. The van der Waals surface area contributed by atoms with E-state index in [9.17, 15) is 5.11 Å². The van der Waals surface area contributed by atoms with Gasteiger partial charge in [-0.25, -0.2) is 0 Å². The number of thiol groups is 1. The topological polar surface area (TPSA) is 23.5 Å². The molecule has 140 valence electrons. The Balaban J connectivity index is 2.18. The fraction of sp³-hybridized carbons (Fsp3) is 0.455. The average Bonchev–Trinajstić information content (AvgIpc) is 2.92. The average molecular weight is 388 g/mol.